The minimum absolute atomic E-state index is 0.0430. The molecular weight excluding hydrogens is 547 g/mol. The van der Waals surface area contributed by atoms with Crippen molar-refractivity contribution in [1.29, 1.82) is 0 Å². The van der Waals surface area contributed by atoms with Gasteiger partial charge in [0.1, 0.15) is 5.65 Å². The van der Waals surface area contributed by atoms with Crippen molar-refractivity contribution in [2.45, 2.75) is 31.8 Å². The number of morpholine rings is 1. The minimum Gasteiger partial charge on any atom is -0.505 e. The van der Waals surface area contributed by atoms with Crippen molar-refractivity contribution in [1.82, 2.24) is 29.3 Å². The Bertz CT molecular complexity index is 1900. The summed E-state index contributed by atoms with van der Waals surface area (Å²) in [5, 5.41) is 14.3. The molecule has 220 valence electrons. The highest BCUT2D eigenvalue weighted by molar-refractivity contribution is 6.00. The molecule has 9 nitrogen and oxygen atoms in total. The number of nitrogens with one attached hydrogen (secondary N) is 1. The lowest BCUT2D eigenvalue weighted by molar-refractivity contribution is 0.0512. The summed E-state index contributed by atoms with van der Waals surface area (Å²) in [5.41, 5.74) is 5.97. The van der Waals surface area contributed by atoms with Crippen molar-refractivity contribution in [2.75, 3.05) is 32.8 Å². The number of imidazole rings is 1. The molecule has 10 heteroatoms. The summed E-state index contributed by atoms with van der Waals surface area (Å²) in [6, 6.07) is 14.6. The van der Waals surface area contributed by atoms with Crippen LogP contribution in [0, 0.1) is 11.7 Å². The van der Waals surface area contributed by atoms with Gasteiger partial charge in [-0.05, 0) is 73.2 Å². The Morgan fingerprint density at radius 1 is 1.09 bits per heavy atom. The van der Waals surface area contributed by atoms with E-state index in [1.54, 1.807) is 18.2 Å². The van der Waals surface area contributed by atoms with E-state index in [1.165, 1.54) is 6.07 Å². The first kappa shape index (κ1) is 26.4. The molecule has 2 aromatic carbocycles. The van der Waals surface area contributed by atoms with Crippen LogP contribution in [0.5, 0.6) is 5.75 Å². The Balaban J connectivity index is 1.20. The third-order valence-corrected chi connectivity index (χ3v) is 9.08. The van der Waals surface area contributed by atoms with Crippen molar-refractivity contribution >= 4 is 28.0 Å². The number of ether oxygens (including phenoxy) is 1. The van der Waals surface area contributed by atoms with Gasteiger partial charge in [-0.25, -0.2) is 14.4 Å². The maximum absolute atomic E-state index is 14.8. The van der Waals surface area contributed by atoms with E-state index < -0.39 is 11.6 Å². The first-order valence-electron chi connectivity index (χ1n) is 15.0. The lowest BCUT2D eigenvalue weighted by atomic mass is 9.97. The molecule has 1 saturated heterocycles. The standard InChI is InChI=1S/C33H33FN6O3/c1-38-27-13-20-9-11-39(17-22-18-43-12-10-35-22)33(42)24(20)15-26(27)37-32(38)28-14-21-7-8-25(23-3-2-4-29(41)30(23)34)36-31(21)40(28)16-19-5-6-19/h2-4,7-8,13-15,19,22,35,41H,5-6,9-12,16-18H2,1H3/t22-/m0/s1. The van der Waals surface area contributed by atoms with Gasteiger partial charge in [-0.1, -0.05) is 6.07 Å². The summed E-state index contributed by atoms with van der Waals surface area (Å²) in [5.74, 6) is 0.338. The van der Waals surface area contributed by atoms with Crippen molar-refractivity contribution < 1.29 is 19.0 Å². The molecule has 1 saturated carbocycles. The number of carbonyl (C=O) groups is 1. The number of halogens is 1. The second-order valence-electron chi connectivity index (χ2n) is 12.1. The number of amides is 1. The van der Waals surface area contributed by atoms with Gasteiger partial charge in [0.25, 0.3) is 5.91 Å². The van der Waals surface area contributed by atoms with E-state index in [0.717, 1.165) is 77.1 Å². The third kappa shape index (κ3) is 4.56. The van der Waals surface area contributed by atoms with Crippen LogP contribution in [0.2, 0.25) is 0 Å². The van der Waals surface area contributed by atoms with Crippen LogP contribution >= 0.6 is 0 Å². The Hall–Kier alpha value is -4.28. The molecule has 3 aliphatic rings. The van der Waals surface area contributed by atoms with Crippen LogP contribution in [-0.4, -0.2) is 73.9 Å². The Morgan fingerprint density at radius 2 is 1.98 bits per heavy atom. The second kappa shape index (κ2) is 10.2. The fraction of sp³-hybridized carbons (Fsp3) is 0.364. The number of fused-ring (bicyclic) bond motifs is 3. The highest BCUT2D eigenvalue weighted by Gasteiger charge is 2.30. The van der Waals surface area contributed by atoms with Gasteiger partial charge in [-0.15, -0.1) is 0 Å². The van der Waals surface area contributed by atoms with E-state index in [1.807, 2.05) is 24.1 Å². The van der Waals surface area contributed by atoms with Gasteiger partial charge in [0.15, 0.2) is 17.4 Å². The van der Waals surface area contributed by atoms with Crippen LogP contribution in [-0.2, 0) is 24.8 Å². The molecule has 2 fully saturated rings. The summed E-state index contributed by atoms with van der Waals surface area (Å²) in [6.45, 7) is 4.25. The maximum atomic E-state index is 14.8. The second-order valence-corrected chi connectivity index (χ2v) is 12.1. The van der Waals surface area contributed by atoms with Crippen LogP contribution in [0.4, 0.5) is 4.39 Å². The molecule has 8 rings (SSSR count). The van der Waals surface area contributed by atoms with Crippen LogP contribution < -0.4 is 5.32 Å². The predicted octanol–water partition coefficient (Wildman–Crippen LogP) is 4.50. The molecular formula is C33H33FN6O3. The van der Waals surface area contributed by atoms with Crippen LogP contribution in [0.3, 0.4) is 0 Å². The largest absolute Gasteiger partial charge is 0.505 e. The molecule has 3 aromatic heterocycles. The van der Waals surface area contributed by atoms with Crippen LogP contribution in [0.15, 0.2) is 48.5 Å². The van der Waals surface area contributed by atoms with E-state index in [0.29, 0.717) is 37.9 Å². The summed E-state index contributed by atoms with van der Waals surface area (Å²) in [6.07, 6.45) is 3.12. The number of benzene rings is 2. The molecule has 1 amide bonds. The number of phenols is 1. The van der Waals surface area contributed by atoms with Crippen molar-refractivity contribution in [2.24, 2.45) is 13.0 Å². The fourth-order valence-electron chi connectivity index (χ4n) is 6.54. The first-order valence-corrected chi connectivity index (χ1v) is 15.0. The number of hydrogen-bond acceptors (Lipinski definition) is 6. The van der Waals surface area contributed by atoms with Gasteiger partial charge < -0.3 is 29.2 Å². The van der Waals surface area contributed by atoms with Gasteiger partial charge in [0, 0.05) is 55.8 Å². The van der Waals surface area contributed by atoms with E-state index in [4.69, 9.17) is 14.7 Å². The van der Waals surface area contributed by atoms with Crippen LogP contribution in [0.1, 0.15) is 28.8 Å². The normalized spacial score (nSPS) is 19.0. The maximum Gasteiger partial charge on any atom is 0.254 e. The number of aromatic hydroxyl groups is 1. The van der Waals surface area contributed by atoms with Crippen molar-refractivity contribution in [3.8, 4) is 28.5 Å². The van der Waals surface area contributed by atoms with Crippen LogP contribution in [0.25, 0.3) is 44.8 Å². The molecule has 1 atom stereocenters. The number of hydrogen-bond donors (Lipinski definition) is 2. The predicted molar refractivity (Wildman–Crippen MR) is 161 cm³/mol. The molecule has 0 bridgehead atoms. The minimum atomic E-state index is -0.675. The monoisotopic (exact) mass is 580 g/mol. The van der Waals surface area contributed by atoms with E-state index in [9.17, 15) is 14.3 Å². The van der Waals surface area contributed by atoms with Gasteiger partial charge in [-0.3, -0.25) is 4.79 Å². The molecule has 2 aliphatic heterocycles. The Morgan fingerprint density at radius 3 is 2.79 bits per heavy atom. The SMILES string of the molecule is Cn1c(-c2cc3ccc(-c4cccc(O)c4F)nc3n2CC2CC2)nc2cc3c(cc21)CCN(C[C@H]1COCCN1)C3=O. The smallest absolute Gasteiger partial charge is 0.254 e. The molecule has 5 heterocycles. The summed E-state index contributed by atoms with van der Waals surface area (Å²) < 4.78 is 24.7. The zero-order chi connectivity index (χ0) is 29.2. The Labute approximate surface area is 247 Å². The molecule has 2 N–H and O–H groups in total. The van der Waals surface area contributed by atoms with Gasteiger partial charge in [0.05, 0.1) is 35.6 Å². The summed E-state index contributed by atoms with van der Waals surface area (Å²) in [4.78, 5) is 25.5. The fourth-order valence-corrected chi connectivity index (χ4v) is 6.54. The zero-order valence-corrected chi connectivity index (χ0v) is 24.0. The highest BCUT2D eigenvalue weighted by Crippen LogP contribution is 2.38. The Kier molecular flexibility index (Phi) is 6.23. The average Bonchev–Trinajstić information content (AvgIpc) is 3.70. The summed E-state index contributed by atoms with van der Waals surface area (Å²) in [7, 11) is 2.02. The van der Waals surface area contributed by atoms with Gasteiger partial charge in [0.2, 0.25) is 0 Å². The zero-order valence-electron chi connectivity index (χ0n) is 24.0. The molecule has 5 aromatic rings. The lowest BCUT2D eigenvalue weighted by Gasteiger charge is -2.33. The van der Waals surface area contributed by atoms with Crippen molar-refractivity contribution in [3.63, 3.8) is 0 Å². The van der Waals surface area contributed by atoms with E-state index in [-0.39, 0.29) is 17.5 Å². The molecule has 0 spiro atoms. The van der Waals surface area contributed by atoms with Gasteiger partial charge in [-0.2, -0.15) is 0 Å². The number of aryl methyl sites for hydroxylation is 1. The number of rotatable bonds is 6. The lowest BCUT2D eigenvalue weighted by Crippen LogP contribution is -2.51. The number of nitrogens with zero attached hydrogens (tertiary/aromatic N) is 5. The highest BCUT2D eigenvalue weighted by atomic mass is 19.1. The third-order valence-electron chi connectivity index (χ3n) is 9.08. The number of pyridine rings is 1. The quantitative estimate of drug-likeness (QED) is 0.307. The molecule has 0 unspecified atom stereocenters. The molecule has 43 heavy (non-hydrogen) atoms. The number of carbonyl (C=O) groups excluding carboxylic acids is 1. The number of phenolic OH excluding ortho intramolecular Hbond substituents is 1. The topological polar surface area (TPSA) is 97.4 Å². The summed E-state index contributed by atoms with van der Waals surface area (Å²) >= 11 is 0. The van der Waals surface area contributed by atoms with E-state index in [2.05, 4.69) is 26.6 Å². The number of aromatic nitrogens is 4. The van der Waals surface area contributed by atoms with E-state index >= 15 is 0 Å². The van der Waals surface area contributed by atoms with Gasteiger partial charge >= 0.3 is 0 Å². The molecule has 1 aliphatic carbocycles. The molecule has 0 radical (unpaired) electrons. The first-order chi connectivity index (χ1) is 20.9. The average molecular weight is 581 g/mol. The van der Waals surface area contributed by atoms with Crippen molar-refractivity contribution in [3.05, 3.63) is 65.5 Å².